The lowest BCUT2D eigenvalue weighted by Gasteiger charge is -1.98. The number of ether oxygens (including phenoxy) is 1. The smallest absolute Gasteiger partial charge is 0.309 e. The molecule has 4 nitrogen and oxygen atoms in total. The summed E-state index contributed by atoms with van der Waals surface area (Å²) in [4.78, 5) is 0. The maximum atomic E-state index is 5.09. The zero-order valence-corrected chi connectivity index (χ0v) is 8.25. The quantitative estimate of drug-likeness (QED) is 0.758. The average molecular weight is 207 g/mol. The molecule has 0 amide bonds. The second kappa shape index (κ2) is 3.63. The zero-order chi connectivity index (χ0) is 9.97. The number of hydrogen-bond donors (Lipinski definition) is 0. The number of hydrogen-bond acceptors (Lipinski definition) is 4. The van der Waals surface area contributed by atoms with Crippen LogP contribution in [-0.4, -0.2) is 17.3 Å². The maximum absolute atomic E-state index is 5.09. The van der Waals surface area contributed by atoms with Gasteiger partial charge in [-0.05, 0) is 36.9 Å². The Labute approximate surface area is 86.3 Å². The van der Waals surface area contributed by atoms with Crippen molar-refractivity contribution in [3.63, 3.8) is 0 Å². The molecule has 1 radical (unpaired) electrons. The van der Waals surface area contributed by atoms with E-state index in [-0.39, 0.29) is 5.22 Å². The fraction of sp³-hybridized carbons (Fsp3) is 0.111. The Morgan fingerprint density at radius 2 is 1.93 bits per heavy atom. The van der Waals surface area contributed by atoms with Gasteiger partial charge in [-0.1, -0.05) is 5.10 Å². The van der Waals surface area contributed by atoms with Gasteiger partial charge < -0.3 is 9.15 Å². The van der Waals surface area contributed by atoms with Crippen LogP contribution in [0, 0.1) is 0 Å². The molecule has 0 bridgehead atoms. The van der Waals surface area contributed by atoms with Crippen molar-refractivity contribution in [1.82, 2.24) is 10.2 Å². The van der Waals surface area contributed by atoms with Gasteiger partial charge >= 0.3 is 5.22 Å². The van der Waals surface area contributed by atoms with Crippen LogP contribution in [0.2, 0.25) is 0 Å². The Hall–Kier alpha value is -1.62. The molecule has 0 aliphatic rings. The minimum absolute atomic E-state index is 0.149. The van der Waals surface area contributed by atoms with Gasteiger partial charge in [0, 0.05) is 5.56 Å². The molecule has 0 aliphatic carbocycles. The maximum Gasteiger partial charge on any atom is 0.309 e. The first kappa shape index (κ1) is 8.96. The summed E-state index contributed by atoms with van der Waals surface area (Å²) < 4.78 is 10.1. The summed E-state index contributed by atoms with van der Waals surface area (Å²) in [6, 6.07) is 7.31. The fourth-order valence-corrected chi connectivity index (χ4v) is 1.18. The van der Waals surface area contributed by atoms with Gasteiger partial charge in [0.05, 0.1) is 7.11 Å². The second-order valence-electron chi connectivity index (χ2n) is 2.60. The molecule has 5 heteroatoms. The molecule has 0 saturated carbocycles. The highest BCUT2D eigenvalue weighted by molar-refractivity contribution is 7.80. The molecule has 0 aliphatic heterocycles. The SMILES string of the molecule is COc1ccc(-c2nnc([S])o2)cc1. The minimum Gasteiger partial charge on any atom is -0.497 e. The fourth-order valence-electron chi connectivity index (χ4n) is 1.06. The molecule has 71 valence electrons. The van der Waals surface area contributed by atoms with Crippen LogP contribution >= 0.6 is 12.6 Å². The number of methoxy groups -OCH3 is 1. The van der Waals surface area contributed by atoms with Gasteiger partial charge in [-0.15, -0.1) is 5.10 Å². The molecular formula is C9H7N2O2S. The molecule has 1 heterocycles. The topological polar surface area (TPSA) is 48.2 Å². The number of nitrogens with zero attached hydrogens (tertiary/aromatic N) is 2. The van der Waals surface area contributed by atoms with Gasteiger partial charge in [0.1, 0.15) is 5.75 Å². The summed E-state index contributed by atoms with van der Waals surface area (Å²) in [5.74, 6) is 1.21. The van der Waals surface area contributed by atoms with Crippen molar-refractivity contribution in [2.75, 3.05) is 7.11 Å². The Morgan fingerprint density at radius 1 is 1.21 bits per heavy atom. The van der Waals surface area contributed by atoms with E-state index < -0.39 is 0 Å². The Balaban J connectivity index is 2.33. The Kier molecular flexibility index (Phi) is 2.32. The van der Waals surface area contributed by atoms with Crippen LogP contribution in [0.3, 0.4) is 0 Å². The minimum atomic E-state index is 0.149. The Morgan fingerprint density at radius 3 is 2.43 bits per heavy atom. The monoisotopic (exact) mass is 207 g/mol. The predicted molar refractivity (Wildman–Crippen MR) is 52.1 cm³/mol. The number of benzene rings is 1. The van der Waals surface area contributed by atoms with Crippen molar-refractivity contribution in [3.05, 3.63) is 24.3 Å². The molecule has 1 aromatic heterocycles. The van der Waals surface area contributed by atoms with Crippen molar-refractivity contribution < 1.29 is 9.15 Å². The van der Waals surface area contributed by atoms with Crippen LogP contribution in [0.4, 0.5) is 0 Å². The summed E-state index contributed by atoms with van der Waals surface area (Å²) >= 11 is 4.72. The van der Waals surface area contributed by atoms with Crippen molar-refractivity contribution in [3.8, 4) is 17.2 Å². The van der Waals surface area contributed by atoms with Crippen LogP contribution < -0.4 is 4.74 Å². The van der Waals surface area contributed by atoms with Crippen LogP contribution in [0.1, 0.15) is 0 Å². The summed E-state index contributed by atoms with van der Waals surface area (Å²) in [5.41, 5.74) is 0.828. The molecule has 2 rings (SSSR count). The Bertz CT molecular complexity index is 425. The molecule has 14 heavy (non-hydrogen) atoms. The highest BCUT2D eigenvalue weighted by Gasteiger charge is 2.05. The van der Waals surface area contributed by atoms with Crippen molar-refractivity contribution in [2.45, 2.75) is 5.22 Å². The van der Waals surface area contributed by atoms with Crippen LogP contribution in [0.5, 0.6) is 5.75 Å². The van der Waals surface area contributed by atoms with E-state index in [1.807, 2.05) is 24.3 Å². The first-order valence-electron chi connectivity index (χ1n) is 3.94. The number of aromatic nitrogens is 2. The van der Waals surface area contributed by atoms with Gasteiger partial charge in [-0.2, -0.15) is 0 Å². The lowest BCUT2D eigenvalue weighted by Crippen LogP contribution is -1.82. The molecule has 0 unspecified atom stereocenters. The highest BCUT2D eigenvalue weighted by atomic mass is 32.1. The molecule has 1 aromatic carbocycles. The van der Waals surface area contributed by atoms with Crippen LogP contribution in [0.15, 0.2) is 33.9 Å². The molecule has 0 fully saturated rings. The van der Waals surface area contributed by atoms with Gasteiger partial charge in [-0.3, -0.25) is 0 Å². The molecule has 0 atom stereocenters. The van der Waals surface area contributed by atoms with E-state index in [4.69, 9.17) is 21.8 Å². The number of rotatable bonds is 2. The molecule has 0 spiro atoms. The molecule has 0 saturated heterocycles. The molecular weight excluding hydrogens is 200 g/mol. The van der Waals surface area contributed by atoms with Crippen molar-refractivity contribution in [2.24, 2.45) is 0 Å². The lowest BCUT2D eigenvalue weighted by atomic mass is 10.2. The summed E-state index contributed by atoms with van der Waals surface area (Å²) in [6.45, 7) is 0. The third-order valence-corrected chi connectivity index (χ3v) is 1.91. The van der Waals surface area contributed by atoms with Crippen LogP contribution in [0.25, 0.3) is 11.5 Å². The third-order valence-electron chi connectivity index (χ3n) is 1.74. The van der Waals surface area contributed by atoms with Gasteiger partial charge in [0.25, 0.3) is 0 Å². The van der Waals surface area contributed by atoms with Gasteiger partial charge in [0.15, 0.2) is 0 Å². The third kappa shape index (κ3) is 1.67. The first-order chi connectivity index (χ1) is 6.79. The second-order valence-corrected chi connectivity index (χ2v) is 2.95. The lowest BCUT2D eigenvalue weighted by molar-refractivity contribution is 0.414. The van der Waals surface area contributed by atoms with Gasteiger partial charge in [-0.25, -0.2) is 0 Å². The predicted octanol–water partition coefficient (Wildman–Crippen LogP) is 2.30. The van der Waals surface area contributed by atoms with Crippen molar-refractivity contribution >= 4 is 12.6 Å². The van der Waals surface area contributed by atoms with E-state index in [0.29, 0.717) is 5.89 Å². The summed E-state index contributed by atoms with van der Waals surface area (Å²) in [6.07, 6.45) is 0. The van der Waals surface area contributed by atoms with E-state index >= 15 is 0 Å². The van der Waals surface area contributed by atoms with Crippen molar-refractivity contribution in [1.29, 1.82) is 0 Å². The van der Waals surface area contributed by atoms with E-state index in [0.717, 1.165) is 11.3 Å². The largest absolute Gasteiger partial charge is 0.497 e. The van der Waals surface area contributed by atoms with E-state index in [1.165, 1.54) is 0 Å². The standard InChI is InChI=1S/C9H7N2O2S/c1-12-7-4-2-6(3-5-7)8-10-11-9(14)13-8/h2-5H,1H3. The first-order valence-corrected chi connectivity index (χ1v) is 4.35. The van der Waals surface area contributed by atoms with E-state index in [2.05, 4.69) is 10.2 Å². The van der Waals surface area contributed by atoms with Gasteiger partial charge in [0.2, 0.25) is 5.89 Å². The summed E-state index contributed by atoms with van der Waals surface area (Å²) in [5, 5.41) is 7.53. The van der Waals surface area contributed by atoms with E-state index in [1.54, 1.807) is 7.11 Å². The highest BCUT2D eigenvalue weighted by Crippen LogP contribution is 2.21. The molecule has 2 aromatic rings. The summed E-state index contributed by atoms with van der Waals surface area (Å²) in [7, 11) is 1.61. The zero-order valence-electron chi connectivity index (χ0n) is 7.43. The normalized spacial score (nSPS) is 10.1. The average Bonchev–Trinajstić information content (AvgIpc) is 2.65. The van der Waals surface area contributed by atoms with E-state index in [9.17, 15) is 0 Å². The molecule has 0 N–H and O–H groups in total. The van der Waals surface area contributed by atoms with Crippen LogP contribution in [-0.2, 0) is 0 Å².